The fourth-order valence-electron chi connectivity index (χ4n) is 3.46. The zero-order valence-corrected chi connectivity index (χ0v) is 20.3. The Morgan fingerprint density at radius 1 is 0.889 bits per heavy atom. The molecule has 36 heavy (non-hydrogen) atoms. The van der Waals surface area contributed by atoms with Crippen LogP contribution in [0.1, 0.15) is 15.9 Å². The van der Waals surface area contributed by atoms with E-state index >= 15 is 0 Å². The van der Waals surface area contributed by atoms with Crippen LogP contribution < -0.4 is 30.2 Å². The van der Waals surface area contributed by atoms with Gasteiger partial charge in [0.15, 0.2) is 23.0 Å². The quantitative estimate of drug-likeness (QED) is 0.371. The molecular formula is C26H27N3O7. The van der Waals surface area contributed by atoms with Crippen LogP contribution in [0.15, 0.2) is 65.7 Å². The highest BCUT2D eigenvalue weighted by Crippen LogP contribution is 2.32. The summed E-state index contributed by atoms with van der Waals surface area (Å²) in [5, 5.41) is 9.28. The highest BCUT2D eigenvalue weighted by molar-refractivity contribution is 5.94. The summed E-state index contributed by atoms with van der Waals surface area (Å²) in [5.41, 5.74) is 7.19. The zero-order valence-electron chi connectivity index (χ0n) is 20.3. The molecule has 4 rings (SSSR count). The van der Waals surface area contributed by atoms with Crippen molar-refractivity contribution < 1.29 is 28.8 Å². The highest BCUT2D eigenvalue weighted by atomic mass is 16.5. The molecular weight excluding hydrogens is 466 g/mol. The van der Waals surface area contributed by atoms with Gasteiger partial charge in [-0.1, -0.05) is 30.3 Å². The number of hydrogen-bond acceptors (Lipinski definition) is 8. The third-order valence-corrected chi connectivity index (χ3v) is 5.31. The lowest BCUT2D eigenvalue weighted by Crippen LogP contribution is -2.21. The van der Waals surface area contributed by atoms with Crippen LogP contribution in [-0.2, 0) is 6.54 Å². The summed E-state index contributed by atoms with van der Waals surface area (Å²) in [4.78, 5) is 27.7. The number of anilines is 1. The van der Waals surface area contributed by atoms with E-state index in [4.69, 9.17) is 29.8 Å². The minimum atomic E-state index is -1.09. The maximum Gasteiger partial charge on any atom is 0.337 e. The first-order valence-corrected chi connectivity index (χ1v) is 10.7. The van der Waals surface area contributed by atoms with Crippen molar-refractivity contribution >= 4 is 22.6 Å². The van der Waals surface area contributed by atoms with E-state index in [1.54, 1.807) is 37.2 Å². The minimum absolute atomic E-state index is 0.00245. The van der Waals surface area contributed by atoms with Gasteiger partial charge in [-0.25, -0.2) is 9.78 Å². The van der Waals surface area contributed by atoms with Gasteiger partial charge in [-0.15, -0.1) is 0 Å². The summed E-state index contributed by atoms with van der Waals surface area (Å²) in [6.45, 7) is 0.483. The monoisotopic (exact) mass is 493 g/mol. The van der Waals surface area contributed by atoms with Gasteiger partial charge < -0.3 is 29.8 Å². The van der Waals surface area contributed by atoms with E-state index in [2.05, 4.69) is 4.98 Å². The number of benzene rings is 3. The molecule has 0 atom stereocenters. The average molecular weight is 494 g/mol. The third-order valence-electron chi connectivity index (χ3n) is 5.31. The molecule has 188 valence electrons. The molecule has 10 nitrogen and oxygen atoms in total. The number of methoxy groups -OCH3 is 4. The van der Waals surface area contributed by atoms with E-state index in [1.807, 2.05) is 30.3 Å². The molecule has 1 heterocycles. The van der Waals surface area contributed by atoms with Gasteiger partial charge in [-0.2, -0.15) is 0 Å². The summed E-state index contributed by atoms with van der Waals surface area (Å²) >= 11 is 0. The second-order valence-corrected chi connectivity index (χ2v) is 7.49. The SMILES string of the molecule is COc1cc(N)c(C(=O)O)cc1OC.COc1cc2ncn(Cc3ccccc3)c(=O)c2cc1OC. The standard InChI is InChI=1S/C17H16N2O3.C9H11NO4/c1-21-15-8-13-14(9-16(15)22-2)18-11-19(17(13)20)10-12-6-4-3-5-7-12;1-13-7-3-5(9(11)12)6(10)4-8(7)14-2/h3-9,11H,10H2,1-2H3;3-4H,10H2,1-2H3,(H,11,12). The maximum atomic E-state index is 12.6. The Hall–Kier alpha value is -4.73. The Morgan fingerprint density at radius 3 is 2.03 bits per heavy atom. The zero-order chi connectivity index (χ0) is 26.2. The molecule has 4 aromatic rings. The van der Waals surface area contributed by atoms with Crippen molar-refractivity contribution in [1.82, 2.24) is 9.55 Å². The minimum Gasteiger partial charge on any atom is -0.493 e. The number of carbonyl (C=O) groups is 1. The van der Waals surface area contributed by atoms with E-state index in [1.165, 1.54) is 26.4 Å². The number of ether oxygens (including phenoxy) is 4. The molecule has 0 aliphatic carbocycles. The molecule has 0 spiro atoms. The predicted molar refractivity (Wildman–Crippen MR) is 136 cm³/mol. The number of rotatable bonds is 7. The Balaban J connectivity index is 0.000000223. The molecule has 0 aliphatic heterocycles. The first kappa shape index (κ1) is 25.9. The van der Waals surface area contributed by atoms with E-state index in [9.17, 15) is 9.59 Å². The highest BCUT2D eigenvalue weighted by Gasteiger charge is 2.14. The van der Waals surface area contributed by atoms with Crippen molar-refractivity contribution in [2.24, 2.45) is 0 Å². The molecule has 0 saturated heterocycles. The van der Waals surface area contributed by atoms with Crippen LogP contribution in [0.5, 0.6) is 23.0 Å². The molecule has 10 heteroatoms. The van der Waals surface area contributed by atoms with Crippen LogP contribution in [-0.4, -0.2) is 49.1 Å². The van der Waals surface area contributed by atoms with Crippen LogP contribution in [0.25, 0.3) is 10.9 Å². The van der Waals surface area contributed by atoms with Gasteiger partial charge in [-0.3, -0.25) is 9.36 Å². The number of aromatic carboxylic acids is 1. The summed E-state index contributed by atoms with van der Waals surface area (Å²) in [7, 11) is 5.99. The van der Waals surface area contributed by atoms with E-state index < -0.39 is 5.97 Å². The molecule has 0 saturated carbocycles. The van der Waals surface area contributed by atoms with Crippen LogP contribution in [0.4, 0.5) is 5.69 Å². The third kappa shape index (κ3) is 5.66. The van der Waals surface area contributed by atoms with Crippen LogP contribution >= 0.6 is 0 Å². The van der Waals surface area contributed by atoms with E-state index in [0.717, 1.165) is 5.56 Å². The summed E-state index contributed by atoms with van der Waals surface area (Å²) in [6, 6.07) is 15.9. The largest absolute Gasteiger partial charge is 0.493 e. The second kappa shape index (κ2) is 11.6. The number of fused-ring (bicyclic) bond motifs is 1. The maximum absolute atomic E-state index is 12.6. The van der Waals surface area contributed by atoms with Gasteiger partial charge in [-0.05, 0) is 11.6 Å². The summed E-state index contributed by atoms with van der Waals surface area (Å²) < 4.78 is 22.0. The van der Waals surface area contributed by atoms with Crippen LogP contribution in [0.2, 0.25) is 0 Å². The Kier molecular flexibility index (Phi) is 8.35. The first-order chi connectivity index (χ1) is 17.3. The Bertz CT molecular complexity index is 1420. The van der Waals surface area contributed by atoms with Crippen LogP contribution in [0.3, 0.4) is 0 Å². The van der Waals surface area contributed by atoms with Gasteiger partial charge in [0.1, 0.15) is 0 Å². The number of nitrogen functional groups attached to an aromatic ring is 1. The van der Waals surface area contributed by atoms with Crippen molar-refractivity contribution in [3.8, 4) is 23.0 Å². The van der Waals surface area contributed by atoms with E-state index in [0.29, 0.717) is 40.4 Å². The Labute approximate surface area is 207 Å². The first-order valence-electron chi connectivity index (χ1n) is 10.7. The fourth-order valence-corrected chi connectivity index (χ4v) is 3.46. The number of carboxylic acids is 1. The van der Waals surface area contributed by atoms with E-state index in [-0.39, 0.29) is 16.8 Å². The van der Waals surface area contributed by atoms with Crippen molar-refractivity contribution in [2.45, 2.75) is 6.54 Å². The van der Waals surface area contributed by atoms with Crippen molar-refractivity contribution in [3.05, 3.63) is 82.4 Å². The van der Waals surface area contributed by atoms with Crippen molar-refractivity contribution in [2.75, 3.05) is 34.2 Å². The number of aromatic nitrogens is 2. The van der Waals surface area contributed by atoms with Gasteiger partial charge in [0.2, 0.25) is 0 Å². The topological polar surface area (TPSA) is 135 Å². The van der Waals surface area contributed by atoms with Gasteiger partial charge in [0.05, 0.1) is 63.5 Å². The Morgan fingerprint density at radius 2 is 1.44 bits per heavy atom. The van der Waals surface area contributed by atoms with Gasteiger partial charge in [0, 0.05) is 18.2 Å². The number of hydrogen-bond donors (Lipinski definition) is 2. The number of carboxylic acid groups (broad SMARTS) is 1. The molecule has 0 amide bonds. The molecule has 1 aromatic heterocycles. The molecule has 0 unspecified atom stereocenters. The molecule has 0 aliphatic rings. The molecule has 0 radical (unpaired) electrons. The van der Waals surface area contributed by atoms with Crippen molar-refractivity contribution in [1.29, 1.82) is 0 Å². The molecule has 3 aromatic carbocycles. The van der Waals surface area contributed by atoms with Gasteiger partial charge >= 0.3 is 5.97 Å². The second-order valence-electron chi connectivity index (χ2n) is 7.49. The van der Waals surface area contributed by atoms with Crippen molar-refractivity contribution in [3.63, 3.8) is 0 Å². The lowest BCUT2D eigenvalue weighted by Gasteiger charge is -2.10. The lowest BCUT2D eigenvalue weighted by atomic mass is 10.1. The summed E-state index contributed by atoms with van der Waals surface area (Å²) in [6.07, 6.45) is 1.56. The van der Waals surface area contributed by atoms with Crippen LogP contribution in [0, 0.1) is 0 Å². The fraction of sp³-hybridized carbons (Fsp3) is 0.192. The van der Waals surface area contributed by atoms with Gasteiger partial charge in [0.25, 0.3) is 5.56 Å². The molecule has 0 fully saturated rings. The molecule has 0 bridgehead atoms. The summed E-state index contributed by atoms with van der Waals surface area (Å²) in [5.74, 6) is 0.742. The molecule has 3 N–H and O–H groups in total. The predicted octanol–water partition coefficient (Wildman–Crippen LogP) is 3.45. The smallest absolute Gasteiger partial charge is 0.337 e. The normalized spacial score (nSPS) is 10.2. The average Bonchev–Trinajstić information content (AvgIpc) is 2.90. The number of nitrogens with zero attached hydrogens (tertiary/aromatic N) is 2. The number of nitrogens with two attached hydrogens (primary N) is 1. The lowest BCUT2D eigenvalue weighted by molar-refractivity contribution is 0.0697.